The van der Waals surface area contributed by atoms with Crippen molar-refractivity contribution in [2.24, 2.45) is 5.41 Å². The van der Waals surface area contributed by atoms with Gasteiger partial charge in [-0.05, 0) is 24.4 Å². The summed E-state index contributed by atoms with van der Waals surface area (Å²) in [6, 6.07) is 0.0730. The van der Waals surface area contributed by atoms with E-state index >= 15 is 0 Å². The van der Waals surface area contributed by atoms with Crippen LogP contribution in [0.3, 0.4) is 0 Å². The first-order valence-electron chi connectivity index (χ1n) is 6.06. The molecule has 2 N–H and O–H groups in total. The number of ether oxygens (including phenoxy) is 2. The van der Waals surface area contributed by atoms with E-state index in [0.29, 0.717) is 26.1 Å². The Labute approximate surface area is 120 Å². The molecule has 0 unspecified atom stereocenters. The van der Waals surface area contributed by atoms with Crippen LogP contribution in [0.15, 0.2) is 0 Å². The second-order valence-electron chi connectivity index (χ2n) is 4.47. The third kappa shape index (κ3) is 3.26. The zero-order chi connectivity index (χ0) is 14.6. The van der Waals surface area contributed by atoms with E-state index in [0.717, 1.165) is 0 Å². The van der Waals surface area contributed by atoms with E-state index in [2.05, 4.69) is 20.3 Å². The van der Waals surface area contributed by atoms with Gasteiger partial charge in [-0.1, -0.05) is 0 Å². The van der Waals surface area contributed by atoms with Gasteiger partial charge in [-0.25, -0.2) is 0 Å². The van der Waals surface area contributed by atoms with Gasteiger partial charge in [0.2, 0.25) is 11.2 Å². The van der Waals surface area contributed by atoms with E-state index < -0.39 is 11.4 Å². The first-order chi connectivity index (χ1) is 9.55. The van der Waals surface area contributed by atoms with Crippen molar-refractivity contribution in [1.82, 2.24) is 15.0 Å². The average molecular weight is 303 g/mol. The van der Waals surface area contributed by atoms with Gasteiger partial charge in [0.1, 0.15) is 0 Å². The molecule has 1 aliphatic heterocycles. The van der Waals surface area contributed by atoms with Crippen molar-refractivity contribution in [3.8, 4) is 6.01 Å². The van der Waals surface area contributed by atoms with Crippen molar-refractivity contribution in [2.75, 3.05) is 32.2 Å². The number of hydrogen-bond acceptors (Lipinski definition) is 7. The molecule has 2 rings (SSSR count). The number of halogens is 1. The maximum atomic E-state index is 11.5. The van der Waals surface area contributed by atoms with Gasteiger partial charge in [-0.15, -0.1) is 0 Å². The van der Waals surface area contributed by atoms with Gasteiger partial charge in [0.05, 0.1) is 12.5 Å². The highest BCUT2D eigenvalue weighted by Crippen LogP contribution is 2.31. The Morgan fingerprint density at radius 2 is 2.15 bits per heavy atom. The van der Waals surface area contributed by atoms with Crippen molar-refractivity contribution >= 4 is 23.5 Å². The monoisotopic (exact) mass is 302 g/mol. The van der Waals surface area contributed by atoms with E-state index in [1.807, 2.05) is 0 Å². The summed E-state index contributed by atoms with van der Waals surface area (Å²) in [5, 5.41) is 12.3. The van der Waals surface area contributed by atoms with Crippen molar-refractivity contribution < 1.29 is 19.4 Å². The first kappa shape index (κ1) is 14.7. The molecular formula is C11H15ClN4O4. The fourth-order valence-electron chi connectivity index (χ4n) is 1.98. The molecule has 1 fully saturated rings. The Kier molecular flexibility index (Phi) is 4.56. The van der Waals surface area contributed by atoms with Crippen LogP contribution in [0.1, 0.15) is 12.8 Å². The third-order valence-electron chi connectivity index (χ3n) is 3.26. The van der Waals surface area contributed by atoms with Crippen LogP contribution >= 0.6 is 11.6 Å². The maximum absolute atomic E-state index is 11.5. The van der Waals surface area contributed by atoms with Crippen LogP contribution in [0.4, 0.5) is 5.95 Å². The molecule has 2 heterocycles. The number of aliphatic carboxylic acids is 1. The second kappa shape index (κ2) is 6.19. The minimum Gasteiger partial charge on any atom is -0.481 e. The Hall–Kier alpha value is -1.67. The van der Waals surface area contributed by atoms with Crippen LogP contribution < -0.4 is 10.1 Å². The minimum absolute atomic E-state index is 0.0179. The SMILES string of the molecule is COc1nc(Cl)nc(NCC2(C(=O)O)CCOCC2)n1. The average Bonchev–Trinajstić information content (AvgIpc) is 2.45. The predicted octanol–water partition coefficient (Wildman–Crippen LogP) is 0.827. The molecule has 8 nitrogen and oxygen atoms in total. The molecule has 0 bridgehead atoms. The summed E-state index contributed by atoms with van der Waals surface area (Å²) in [7, 11) is 1.41. The number of carboxylic acid groups (broad SMARTS) is 1. The number of carboxylic acids is 1. The summed E-state index contributed by atoms with van der Waals surface area (Å²) < 4.78 is 10.1. The zero-order valence-corrected chi connectivity index (χ0v) is 11.7. The lowest BCUT2D eigenvalue weighted by Crippen LogP contribution is -2.42. The van der Waals surface area contributed by atoms with E-state index in [1.54, 1.807) is 0 Å². The predicted molar refractivity (Wildman–Crippen MR) is 70.0 cm³/mol. The molecule has 20 heavy (non-hydrogen) atoms. The van der Waals surface area contributed by atoms with Crippen LogP contribution in [-0.4, -0.2) is 52.9 Å². The summed E-state index contributed by atoms with van der Waals surface area (Å²) >= 11 is 5.73. The Morgan fingerprint density at radius 3 is 2.75 bits per heavy atom. The van der Waals surface area contributed by atoms with E-state index in [9.17, 15) is 9.90 Å². The van der Waals surface area contributed by atoms with Crippen LogP contribution in [0.25, 0.3) is 0 Å². The summed E-state index contributed by atoms with van der Waals surface area (Å²) in [6.45, 7) is 1.04. The molecule has 1 aromatic heterocycles. The summed E-state index contributed by atoms with van der Waals surface area (Å²) in [6.07, 6.45) is 0.872. The topological polar surface area (TPSA) is 106 Å². The second-order valence-corrected chi connectivity index (χ2v) is 4.80. The largest absolute Gasteiger partial charge is 0.481 e. The van der Waals surface area contributed by atoms with Gasteiger partial charge in [-0.3, -0.25) is 4.79 Å². The van der Waals surface area contributed by atoms with Gasteiger partial charge < -0.3 is 19.9 Å². The van der Waals surface area contributed by atoms with Gasteiger partial charge in [-0.2, -0.15) is 15.0 Å². The van der Waals surface area contributed by atoms with Crippen LogP contribution in [0.5, 0.6) is 6.01 Å². The molecule has 0 saturated carbocycles. The van der Waals surface area contributed by atoms with Gasteiger partial charge in [0.15, 0.2) is 0 Å². The van der Waals surface area contributed by atoms with Crippen molar-refractivity contribution in [2.45, 2.75) is 12.8 Å². The molecular weight excluding hydrogens is 288 g/mol. The van der Waals surface area contributed by atoms with Crippen molar-refractivity contribution in [3.05, 3.63) is 5.28 Å². The van der Waals surface area contributed by atoms with Crippen LogP contribution in [0.2, 0.25) is 5.28 Å². The van der Waals surface area contributed by atoms with E-state index in [4.69, 9.17) is 21.1 Å². The zero-order valence-electron chi connectivity index (χ0n) is 10.9. The standard InChI is InChI=1S/C11H15ClN4O4/c1-19-10-15-8(12)14-9(16-10)13-6-11(7(17)18)2-4-20-5-3-11/h2-6H2,1H3,(H,17,18)(H,13,14,15,16). The molecule has 9 heteroatoms. The van der Waals surface area contributed by atoms with Gasteiger partial charge in [0, 0.05) is 19.8 Å². The first-order valence-corrected chi connectivity index (χ1v) is 6.44. The molecule has 1 aromatic rings. The van der Waals surface area contributed by atoms with Gasteiger partial charge in [0.25, 0.3) is 0 Å². The fourth-order valence-corrected chi connectivity index (χ4v) is 2.13. The number of anilines is 1. The number of aromatic nitrogens is 3. The molecule has 0 radical (unpaired) electrons. The highest BCUT2D eigenvalue weighted by molar-refractivity contribution is 6.28. The molecule has 1 saturated heterocycles. The lowest BCUT2D eigenvalue weighted by molar-refractivity contribution is -0.153. The number of rotatable bonds is 5. The van der Waals surface area contributed by atoms with Crippen LogP contribution in [-0.2, 0) is 9.53 Å². The normalized spacial score (nSPS) is 17.5. The third-order valence-corrected chi connectivity index (χ3v) is 3.43. The fraction of sp³-hybridized carbons (Fsp3) is 0.636. The van der Waals surface area contributed by atoms with Gasteiger partial charge >= 0.3 is 12.0 Å². The number of carbonyl (C=O) groups is 1. The molecule has 0 aliphatic carbocycles. The Balaban J connectivity index is 2.09. The summed E-state index contributed by atoms with van der Waals surface area (Å²) in [5.41, 5.74) is -0.884. The minimum atomic E-state index is -0.884. The molecule has 0 spiro atoms. The Bertz CT molecular complexity index is 493. The van der Waals surface area contributed by atoms with E-state index in [-0.39, 0.29) is 23.8 Å². The number of nitrogens with zero attached hydrogens (tertiary/aromatic N) is 3. The van der Waals surface area contributed by atoms with Crippen molar-refractivity contribution in [1.29, 1.82) is 0 Å². The number of nitrogens with one attached hydrogen (secondary N) is 1. The molecule has 1 aliphatic rings. The maximum Gasteiger partial charge on any atom is 0.322 e. The summed E-state index contributed by atoms with van der Waals surface area (Å²) in [5.74, 6) is -0.672. The van der Waals surface area contributed by atoms with Crippen molar-refractivity contribution in [3.63, 3.8) is 0 Å². The molecule has 110 valence electrons. The highest BCUT2D eigenvalue weighted by atomic mass is 35.5. The van der Waals surface area contributed by atoms with Crippen LogP contribution in [0, 0.1) is 5.41 Å². The Morgan fingerprint density at radius 1 is 1.45 bits per heavy atom. The smallest absolute Gasteiger partial charge is 0.322 e. The molecule has 0 aromatic carbocycles. The number of hydrogen-bond donors (Lipinski definition) is 2. The molecule has 0 amide bonds. The summed E-state index contributed by atoms with van der Waals surface area (Å²) in [4.78, 5) is 23.1. The van der Waals surface area contributed by atoms with E-state index in [1.165, 1.54) is 7.11 Å². The highest BCUT2D eigenvalue weighted by Gasteiger charge is 2.40. The quantitative estimate of drug-likeness (QED) is 0.823. The lowest BCUT2D eigenvalue weighted by atomic mass is 9.80. The lowest BCUT2D eigenvalue weighted by Gasteiger charge is -2.33. The number of methoxy groups -OCH3 is 1. The molecule has 0 atom stereocenters.